The molecule has 0 heterocycles. The van der Waals surface area contributed by atoms with E-state index in [4.69, 9.17) is 5.14 Å². The van der Waals surface area contributed by atoms with E-state index in [2.05, 4.69) is 0 Å². The lowest BCUT2D eigenvalue weighted by atomic mass is 9.71. The number of nitrogens with two attached hydrogens (primary N) is 1. The molecule has 3 rings (SSSR count). The molecule has 1 atom stereocenters. The fraction of sp³-hybridized carbons (Fsp3) is 0.100. The van der Waals surface area contributed by atoms with Gasteiger partial charge in [0.25, 0.3) is 0 Å². The number of benzene rings is 3. The van der Waals surface area contributed by atoms with E-state index < -0.39 is 15.4 Å². The van der Waals surface area contributed by atoms with E-state index in [1.165, 1.54) is 18.2 Å². The quantitative estimate of drug-likeness (QED) is 0.486. The predicted molar refractivity (Wildman–Crippen MR) is 99.6 cm³/mol. The highest BCUT2D eigenvalue weighted by atomic mass is 32.2. The number of phenolic OH excluding ortho intramolecular Hbond substituents is 2. The molecule has 5 nitrogen and oxygen atoms in total. The summed E-state index contributed by atoms with van der Waals surface area (Å²) in [6, 6.07) is 20.3. The Labute approximate surface area is 152 Å². The molecule has 0 bridgehead atoms. The summed E-state index contributed by atoms with van der Waals surface area (Å²) in [5, 5.41) is 25.1. The molecule has 1 unspecified atom stereocenters. The first-order valence-corrected chi connectivity index (χ1v) is 9.49. The van der Waals surface area contributed by atoms with Crippen molar-refractivity contribution in [3.63, 3.8) is 0 Å². The molecule has 134 valence electrons. The SMILES string of the molecule is CC(c1ccccc1)(c1ccc(O)c(O)c1)c1ccccc1S(N)(=O)=O. The molecule has 6 heteroatoms. The Balaban J connectivity index is 2.39. The van der Waals surface area contributed by atoms with Crippen molar-refractivity contribution in [3.05, 3.63) is 89.5 Å². The van der Waals surface area contributed by atoms with E-state index in [1.54, 1.807) is 24.3 Å². The van der Waals surface area contributed by atoms with Crippen LogP contribution in [0.4, 0.5) is 0 Å². The Morgan fingerprint density at radius 3 is 2.04 bits per heavy atom. The molecule has 0 fully saturated rings. The van der Waals surface area contributed by atoms with Gasteiger partial charge in [0.15, 0.2) is 11.5 Å². The molecule has 0 aromatic heterocycles. The van der Waals surface area contributed by atoms with Crippen LogP contribution < -0.4 is 5.14 Å². The zero-order chi connectivity index (χ0) is 18.9. The summed E-state index contributed by atoms with van der Waals surface area (Å²) in [6.45, 7) is 1.86. The van der Waals surface area contributed by atoms with Crippen LogP contribution in [0.1, 0.15) is 23.6 Å². The van der Waals surface area contributed by atoms with Gasteiger partial charge in [0, 0.05) is 5.41 Å². The Bertz CT molecular complexity index is 1050. The zero-order valence-corrected chi connectivity index (χ0v) is 14.9. The van der Waals surface area contributed by atoms with E-state index in [0.29, 0.717) is 11.1 Å². The minimum absolute atomic E-state index is 0.0129. The second kappa shape index (κ2) is 6.48. The average molecular weight is 369 g/mol. The maximum absolute atomic E-state index is 12.2. The third-order valence-electron chi connectivity index (χ3n) is 4.64. The second-order valence-electron chi connectivity index (χ2n) is 6.24. The smallest absolute Gasteiger partial charge is 0.238 e. The van der Waals surface area contributed by atoms with Crippen LogP contribution in [-0.4, -0.2) is 18.6 Å². The summed E-state index contributed by atoms with van der Waals surface area (Å²) in [5.74, 6) is -0.526. The minimum Gasteiger partial charge on any atom is -0.504 e. The summed E-state index contributed by atoms with van der Waals surface area (Å²) in [6.07, 6.45) is 0. The number of rotatable bonds is 4. The number of aromatic hydroxyl groups is 2. The molecule has 0 amide bonds. The third-order valence-corrected chi connectivity index (χ3v) is 5.61. The standard InChI is InChI=1S/C20H19NO4S/c1-20(14-7-3-2-4-8-14,15-11-12-17(22)18(23)13-15)16-9-5-6-10-19(16)26(21,24)25/h2-13,22-23H,1H3,(H2,21,24,25). The van der Waals surface area contributed by atoms with E-state index in [0.717, 1.165) is 5.56 Å². The van der Waals surface area contributed by atoms with Crippen molar-refractivity contribution in [2.24, 2.45) is 5.14 Å². The first kappa shape index (κ1) is 18.0. The van der Waals surface area contributed by atoms with Crippen molar-refractivity contribution in [1.82, 2.24) is 0 Å². The molecular weight excluding hydrogens is 350 g/mol. The van der Waals surface area contributed by atoms with Crippen LogP contribution in [0.5, 0.6) is 11.5 Å². The van der Waals surface area contributed by atoms with Crippen molar-refractivity contribution < 1.29 is 18.6 Å². The summed E-state index contributed by atoms with van der Waals surface area (Å²) in [4.78, 5) is 0.0129. The second-order valence-corrected chi connectivity index (χ2v) is 7.77. The van der Waals surface area contributed by atoms with E-state index in [1.807, 2.05) is 37.3 Å². The first-order valence-electron chi connectivity index (χ1n) is 7.95. The van der Waals surface area contributed by atoms with Crippen LogP contribution >= 0.6 is 0 Å². The Morgan fingerprint density at radius 2 is 1.42 bits per heavy atom. The van der Waals surface area contributed by atoms with Gasteiger partial charge in [-0.3, -0.25) is 0 Å². The van der Waals surface area contributed by atoms with Gasteiger partial charge in [-0.25, -0.2) is 13.6 Å². The summed E-state index contributed by atoms with van der Waals surface area (Å²) in [7, 11) is -3.96. The van der Waals surface area contributed by atoms with Crippen molar-refractivity contribution in [3.8, 4) is 11.5 Å². The number of hydrogen-bond donors (Lipinski definition) is 3. The summed E-state index contributed by atoms with van der Waals surface area (Å²) in [5.41, 5.74) is 1.00. The summed E-state index contributed by atoms with van der Waals surface area (Å²) < 4.78 is 24.3. The average Bonchev–Trinajstić information content (AvgIpc) is 2.63. The van der Waals surface area contributed by atoms with Gasteiger partial charge < -0.3 is 10.2 Å². The van der Waals surface area contributed by atoms with Crippen molar-refractivity contribution in [1.29, 1.82) is 0 Å². The van der Waals surface area contributed by atoms with E-state index in [9.17, 15) is 18.6 Å². The zero-order valence-electron chi connectivity index (χ0n) is 14.1. The molecule has 3 aromatic rings. The third kappa shape index (κ3) is 3.05. The maximum atomic E-state index is 12.2. The molecule has 0 aliphatic carbocycles. The van der Waals surface area contributed by atoms with Crippen molar-refractivity contribution in [2.75, 3.05) is 0 Å². The van der Waals surface area contributed by atoms with Crippen LogP contribution in [0, 0.1) is 0 Å². The lowest BCUT2D eigenvalue weighted by molar-refractivity contribution is 0.402. The maximum Gasteiger partial charge on any atom is 0.238 e. The fourth-order valence-corrected chi connectivity index (χ4v) is 4.06. The van der Waals surface area contributed by atoms with Gasteiger partial charge >= 0.3 is 0 Å². The van der Waals surface area contributed by atoms with Crippen LogP contribution in [0.2, 0.25) is 0 Å². The predicted octanol–water partition coefficient (Wildman–Crippen LogP) is 3.10. The molecule has 0 saturated heterocycles. The lowest BCUT2D eigenvalue weighted by Crippen LogP contribution is -2.29. The molecule has 0 saturated carbocycles. The highest BCUT2D eigenvalue weighted by Crippen LogP contribution is 2.43. The topological polar surface area (TPSA) is 101 Å². The Kier molecular flexibility index (Phi) is 4.48. The van der Waals surface area contributed by atoms with Crippen LogP contribution in [0.25, 0.3) is 0 Å². The van der Waals surface area contributed by atoms with Crippen LogP contribution in [0.3, 0.4) is 0 Å². The molecule has 0 aliphatic rings. The number of hydrogen-bond acceptors (Lipinski definition) is 4. The number of phenols is 2. The monoisotopic (exact) mass is 369 g/mol. The van der Waals surface area contributed by atoms with Gasteiger partial charge in [-0.15, -0.1) is 0 Å². The molecule has 0 radical (unpaired) electrons. The Morgan fingerprint density at radius 1 is 0.808 bits per heavy atom. The van der Waals surface area contributed by atoms with E-state index in [-0.39, 0.29) is 16.4 Å². The lowest BCUT2D eigenvalue weighted by Gasteiger charge is -2.33. The van der Waals surface area contributed by atoms with Gasteiger partial charge in [0.2, 0.25) is 10.0 Å². The highest BCUT2D eigenvalue weighted by molar-refractivity contribution is 7.89. The van der Waals surface area contributed by atoms with Crippen molar-refractivity contribution >= 4 is 10.0 Å². The number of sulfonamides is 1. The molecule has 0 aliphatic heterocycles. The summed E-state index contributed by atoms with van der Waals surface area (Å²) >= 11 is 0. The van der Waals surface area contributed by atoms with Crippen molar-refractivity contribution in [2.45, 2.75) is 17.2 Å². The molecular formula is C20H19NO4S. The van der Waals surface area contributed by atoms with E-state index >= 15 is 0 Å². The number of primary sulfonamides is 1. The van der Waals surface area contributed by atoms with Gasteiger partial charge in [-0.1, -0.05) is 54.6 Å². The minimum atomic E-state index is -3.96. The van der Waals surface area contributed by atoms with Gasteiger partial charge in [0.05, 0.1) is 4.90 Å². The molecule has 4 N–H and O–H groups in total. The Hall–Kier alpha value is -2.83. The largest absolute Gasteiger partial charge is 0.504 e. The van der Waals surface area contributed by atoms with Gasteiger partial charge in [-0.05, 0) is 41.8 Å². The highest BCUT2D eigenvalue weighted by Gasteiger charge is 2.35. The van der Waals surface area contributed by atoms with Crippen LogP contribution in [0.15, 0.2) is 77.7 Å². The molecule has 0 spiro atoms. The van der Waals surface area contributed by atoms with Crippen LogP contribution in [-0.2, 0) is 15.4 Å². The fourth-order valence-electron chi connectivity index (χ4n) is 3.21. The molecule has 26 heavy (non-hydrogen) atoms. The normalized spacial score (nSPS) is 13.9. The van der Waals surface area contributed by atoms with Gasteiger partial charge in [0.1, 0.15) is 0 Å². The van der Waals surface area contributed by atoms with Gasteiger partial charge in [-0.2, -0.15) is 0 Å². The first-order chi connectivity index (χ1) is 12.2. The molecule has 3 aromatic carbocycles.